The highest BCUT2D eigenvalue weighted by Crippen LogP contribution is 2.30. The first-order valence-electron chi connectivity index (χ1n) is 8.07. The Hall–Kier alpha value is -2.63. The Labute approximate surface area is 159 Å². The SMILES string of the molecule is Cc1c(C(=O)N(Cc2cccs2)c2ccccn2)oc2ccc(Cl)cc12. The summed E-state index contributed by atoms with van der Waals surface area (Å²) in [5, 5.41) is 3.45. The van der Waals surface area contributed by atoms with Crippen LogP contribution < -0.4 is 4.90 Å². The van der Waals surface area contributed by atoms with E-state index in [-0.39, 0.29) is 5.91 Å². The summed E-state index contributed by atoms with van der Waals surface area (Å²) in [5.74, 6) is 0.676. The highest BCUT2D eigenvalue weighted by Gasteiger charge is 2.25. The summed E-state index contributed by atoms with van der Waals surface area (Å²) >= 11 is 7.69. The third-order valence-corrected chi connectivity index (χ3v) is 5.25. The van der Waals surface area contributed by atoms with Crippen LogP contribution in [-0.4, -0.2) is 10.9 Å². The van der Waals surface area contributed by atoms with Gasteiger partial charge in [0.15, 0.2) is 5.76 Å². The fourth-order valence-electron chi connectivity index (χ4n) is 2.85. The predicted octanol–water partition coefficient (Wildman–Crippen LogP) is 5.70. The van der Waals surface area contributed by atoms with Crippen LogP contribution in [0.15, 0.2) is 64.5 Å². The molecule has 6 heteroatoms. The quantitative estimate of drug-likeness (QED) is 0.455. The number of hydrogen-bond donors (Lipinski definition) is 0. The summed E-state index contributed by atoms with van der Waals surface area (Å²) in [6, 6.07) is 14.8. The number of pyridine rings is 1. The molecule has 0 aliphatic carbocycles. The van der Waals surface area contributed by atoms with Gasteiger partial charge in [0.1, 0.15) is 11.4 Å². The number of carbonyl (C=O) groups excluding carboxylic acids is 1. The van der Waals surface area contributed by atoms with E-state index >= 15 is 0 Å². The van der Waals surface area contributed by atoms with Crippen molar-refractivity contribution in [2.75, 3.05) is 4.90 Å². The van der Waals surface area contributed by atoms with Gasteiger partial charge in [-0.05, 0) is 48.7 Å². The molecule has 0 aliphatic rings. The van der Waals surface area contributed by atoms with Crippen LogP contribution in [0.2, 0.25) is 5.02 Å². The van der Waals surface area contributed by atoms with Gasteiger partial charge in [-0.1, -0.05) is 23.7 Å². The Morgan fingerprint density at radius 1 is 1.23 bits per heavy atom. The lowest BCUT2D eigenvalue weighted by molar-refractivity contribution is 0.0959. The van der Waals surface area contributed by atoms with Crippen molar-refractivity contribution in [2.24, 2.45) is 0 Å². The normalized spacial score (nSPS) is 11.0. The molecular formula is C20H15ClN2O2S. The number of amides is 1. The maximum Gasteiger partial charge on any atom is 0.295 e. The lowest BCUT2D eigenvalue weighted by Crippen LogP contribution is -2.31. The number of halogens is 1. The van der Waals surface area contributed by atoms with Crippen LogP contribution in [0.25, 0.3) is 11.0 Å². The highest BCUT2D eigenvalue weighted by molar-refractivity contribution is 7.09. The average molecular weight is 383 g/mol. The largest absolute Gasteiger partial charge is 0.451 e. The van der Waals surface area contributed by atoms with Gasteiger partial charge >= 0.3 is 0 Å². The Kier molecular flexibility index (Phi) is 4.49. The van der Waals surface area contributed by atoms with E-state index in [1.807, 2.05) is 48.7 Å². The maximum atomic E-state index is 13.3. The molecule has 0 spiro atoms. The number of furan rings is 1. The number of aryl methyl sites for hydroxylation is 1. The Balaban J connectivity index is 1.78. The standard InChI is InChI=1S/C20H15ClN2O2S/c1-13-16-11-14(21)7-8-17(16)25-19(13)20(24)23(12-15-5-4-10-26-15)18-6-2-3-9-22-18/h2-11H,12H2,1H3. The summed E-state index contributed by atoms with van der Waals surface area (Å²) < 4.78 is 5.86. The molecule has 4 nitrogen and oxygen atoms in total. The Morgan fingerprint density at radius 2 is 2.12 bits per heavy atom. The van der Waals surface area contributed by atoms with Gasteiger partial charge in [-0.2, -0.15) is 0 Å². The van der Waals surface area contributed by atoms with E-state index in [2.05, 4.69) is 4.98 Å². The third-order valence-electron chi connectivity index (χ3n) is 4.16. The number of anilines is 1. The van der Waals surface area contributed by atoms with Crippen molar-refractivity contribution >= 4 is 45.6 Å². The summed E-state index contributed by atoms with van der Waals surface area (Å²) in [5.41, 5.74) is 1.42. The molecule has 0 N–H and O–H groups in total. The second-order valence-electron chi connectivity index (χ2n) is 5.86. The Bertz CT molecular complexity index is 1060. The van der Waals surface area contributed by atoms with Crippen LogP contribution in [0.4, 0.5) is 5.82 Å². The van der Waals surface area contributed by atoms with E-state index in [4.69, 9.17) is 16.0 Å². The molecule has 4 aromatic rings. The van der Waals surface area contributed by atoms with Crippen LogP contribution in [-0.2, 0) is 6.54 Å². The highest BCUT2D eigenvalue weighted by atomic mass is 35.5. The summed E-state index contributed by atoms with van der Waals surface area (Å²) in [6.07, 6.45) is 1.68. The van der Waals surface area contributed by atoms with Crippen LogP contribution >= 0.6 is 22.9 Å². The number of nitrogens with zero attached hydrogens (tertiary/aromatic N) is 2. The van der Waals surface area contributed by atoms with E-state index in [9.17, 15) is 4.79 Å². The molecule has 0 saturated heterocycles. The zero-order valence-corrected chi connectivity index (χ0v) is 15.6. The van der Waals surface area contributed by atoms with Gasteiger partial charge in [0.2, 0.25) is 0 Å². The zero-order valence-electron chi connectivity index (χ0n) is 14.0. The van der Waals surface area contributed by atoms with Gasteiger partial charge in [0, 0.05) is 27.0 Å². The van der Waals surface area contributed by atoms with Crippen molar-refractivity contribution in [2.45, 2.75) is 13.5 Å². The van der Waals surface area contributed by atoms with E-state index < -0.39 is 0 Å². The van der Waals surface area contributed by atoms with Gasteiger partial charge in [-0.15, -0.1) is 11.3 Å². The number of fused-ring (bicyclic) bond motifs is 1. The third kappa shape index (κ3) is 3.11. The smallest absolute Gasteiger partial charge is 0.295 e. The molecule has 26 heavy (non-hydrogen) atoms. The Morgan fingerprint density at radius 3 is 2.85 bits per heavy atom. The molecule has 0 aliphatic heterocycles. The monoisotopic (exact) mass is 382 g/mol. The predicted molar refractivity (Wildman–Crippen MR) is 105 cm³/mol. The average Bonchev–Trinajstić information content (AvgIpc) is 3.28. The van der Waals surface area contributed by atoms with Crippen molar-refractivity contribution < 1.29 is 9.21 Å². The molecule has 3 heterocycles. The minimum absolute atomic E-state index is 0.220. The number of aromatic nitrogens is 1. The van der Waals surface area contributed by atoms with Crippen LogP contribution in [0, 0.1) is 6.92 Å². The molecule has 0 saturated carbocycles. The summed E-state index contributed by atoms with van der Waals surface area (Å²) in [4.78, 5) is 20.4. The summed E-state index contributed by atoms with van der Waals surface area (Å²) in [6.45, 7) is 2.31. The molecule has 0 fully saturated rings. The van der Waals surface area contributed by atoms with Gasteiger partial charge in [-0.25, -0.2) is 4.98 Å². The molecule has 4 rings (SSSR count). The van der Waals surface area contributed by atoms with Gasteiger partial charge < -0.3 is 4.42 Å². The van der Waals surface area contributed by atoms with Gasteiger partial charge in [-0.3, -0.25) is 9.69 Å². The topological polar surface area (TPSA) is 46.3 Å². The maximum absolute atomic E-state index is 13.3. The minimum atomic E-state index is -0.220. The molecule has 130 valence electrons. The lowest BCUT2D eigenvalue weighted by Gasteiger charge is -2.20. The molecule has 1 amide bonds. The van der Waals surface area contributed by atoms with Crippen molar-refractivity contribution in [3.63, 3.8) is 0 Å². The first-order valence-corrected chi connectivity index (χ1v) is 9.33. The van der Waals surface area contributed by atoms with Crippen LogP contribution in [0.5, 0.6) is 0 Å². The van der Waals surface area contributed by atoms with E-state index in [0.29, 0.717) is 28.7 Å². The van der Waals surface area contributed by atoms with Crippen molar-refractivity contribution in [1.29, 1.82) is 0 Å². The fourth-order valence-corrected chi connectivity index (χ4v) is 3.71. The van der Waals surface area contributed by atoms with Crippen molar-refractivity contribution in [3.8, 4) is 0 Å². The van der Waals surface area contributed by atoms with E-state index in [0.717, 1.165) is 15.8 Å². The fraction of sp³-hybridized carbons (Fsp3) is 0.100. The molecule has 0 atom stereocenters. The minimum Gasteiger partial charge on any atom is -0.451 e. The molecular weight excluding hydrogens is 368 g/mol. The number of hydrogen-bond acceptors (Lipinski definition) is 4. The van der Waals surface area contributed by atoms with E-state index in [1.165, 1.54) is 0 Å². The molecule has 3 aromatic heterocycles. The molecule has 0 radical (unpaired) electrons. The zero-order chi connectivity index (χ0) is 18.1. The lowest BCUT2D eigenvalue weighted by atomic mass is 10.1. The summed E-state index contributed by atoms with van der Waals surface area (Å²) in [7, 11) is 0. The second kappa shape index (κ2) is 6.94. The van der Waals surface area contributed by atoms with Crippen LogP contribution in [0.1, 0.15) is 21.0 Å². The second-order valence-corrected chi connectivity index (χ2v) is 7.32. The van der Waals surface area contributed by atoms with Gasteiger partial charge in [0.05, 0.1) is 6.54 Å². The van der Waals surface area contributed by atoms with Crippen molar-refractivity contribution in [1.82, 2.24) is 4.98 Å². The molecule has 0 unspecified atom stereocenters. The number of thiophene rings is 1. The molecule has 1 aromatic carbocycles. The first-order chi connectivity index (χ1) is 12.6. The molecule has 0 bridgehead atoms. The number of benzene rings is 1. The number of carbonyl (C=O) groups is 1. The first kappa shape index (κ1) is 16.8. The van der Waals surface area contributed by atoms with Gasteiger partial charge in [0.25, 0.3) is 5.91 Å². The number of rotatable bonds is 4. The van der Waals surface area contributed by atoms with E-state index in [1.54, 1.807) is 34.6 Å². The van der Waals surface area contributed by atoms with Crippen LogP contribution in [0.3, 0.4) is 0 Å². The van der Waals surface area contributed by atoms with Crippen molar-refractivity contribution in [3.05, 3.63) is 81.3 Å².